The number of hydrogen-bond acceptors (Lipinski definition) is 15. The zero-order valence-electron chi connectivity index (χ0n) is 23.3. The highest BCUT2D eigenvalue weighted by Crippen LogP contribution is 2.32. The van der Waals surface area contributed by atoms with Gasteiger partial charge >= 0.3 is 41.6 Å². The minimum absolute atomic E-state index is 0.142. The lowest BCUT2D eigenvalue weighted by Crippen LogP contribution is -2.63. The first-order valence-electron chi connectivity index (χ1n) is 13.2. The Kier molecular flexibility index (Phi) is 18.0. The molecule has 0 amide bonds. The van der Waals surface area contributed by atoms with Crippen molar-refractivity contribution in [2.24, 2.45) is 0 Å². The second-order valence-electron chi connectivity index (χ2n) is 9.39. The van der Waals surface area contributed by atoms with Crippen molar-refractivity contribution in [1.82, 2.24) is 0 Å². The lowest BCUT2D eigenvalue weighted by atomic mass is 9.99. The molecule has 4 N–H and O–H groups in total. The van der Waals surface area contributed by atoms with Gasteiger partial charge in [-0.05, 0) is 6.42 Å². The molecule has 0 aromatic heterocycles. The normalized spacial score (nSPS) is 23.9. The number of hydrogen-bond donors (Lipinski definition) is 4. The lowest BCUT2D eigenvalue weighted by Gasteiger charge is -2.43. The molecule has 43 heavy (non-hydrogen) atoms. The molecule has 19 nitrogen and oxygen atoms in total. The standard InChI is InChI=1S/C20H40O19S4/c1-2-3-4-5-6-7-8-9-10-11-12-33-13-14-34-20-19(39-43(30,31)32)18(38-42(27,28)29)17(37-41(24,25)26)16(36-20)15-35-40(21,22)23/h16-20H,2-15H2,1H3,(H,21,22,23)(H,24,25,26)(H,27,28,29)(H,30,31,32)/t16-,17+,18+,19-,20-/m1/s1. The first-order chi connectivity index (χ1) is 19.8. The van der Waals surface area contributed by atoms with Crippen LogP contribution in [0.15, 0.2) is 0 Å². The van der Waals surface area contributed by atoms with Gasteiger partial charge in [0.1, 0.15) is 18.3 Å². The van der Waals surface area contributed by atoms with Gasteiger partial charge in [-0.3, -0.25) is 18.2 Å². The molecule has 0 bridgehead atoms. The van der Waals surface area contributed by atoms with Crippen LogP contribution in [0.2, 0.25) is 0 Å². The van der Waals surface area contributed by atoms with Crippen LogP contribution in [0.3, 0.4) is 0 Å². The predicted molar refractivity (Wildman–Crippen MR) is 144 cm³/mol. The fourth-order valence-electron chi connectivity index (χ4n) is 4.07. The molecular weight excluding hydrogens is 672 g/mol. The first kappa shape index (κ1) is 40.4. The van der Waals surface area contributed by atoms with Crippen molar-refractivity contribution in [2.75, 3.05) is 26.4 Å². The SMILES string of the molecule is CCCCCCCCCCCCOCCO[C@@H]1O[C@H](COS(=O)(=O)O)[C@H](OS(=O)(=O)O)[C@H](OS(=O)(=O)O)[C@H]1OS(=O)(=O)O. The van der Waals surface area contributed by atoms with Crippen LogP contribution in [0, 0.1) is 0 Å². The highest BCUT2D eigenvalue weighted by atomic mass is 32.3. The molecule has 258 valence electrons. The summed E-state index contributed by atoms with van der Waals surface area (Å²) >= 11 is 0. The van der Waals surface area contributed by atoms with E-state index in [0.717, 1.165) is 32.1 Å². The summed E-state index contributed by atoms with van der Waals surface area (Å²) in [6, 6.07) is 0. The van der Waals surface area contributed by atoms with E-state index in [1.807, 2.05) is 0 Å². The van der Waals surface area contributed by atoms with Crippen LogP contribution in [0.5, 0.6) is 0 Å². The van der Waals surface area contributed by atoms with Crippen molar-refractivity contribution in [2.45, 2.75) is 102 Å². The average molecular weight is 713 g/mol. The van der Waals surface area contributed by atoms with Gasteiger partial charge in [0, 0.05) is 6.61 Å². The highest BCUT2D eigenvalue weighted by Gasteiger charge is 2.54. The topological polar surface area (TPSA) is 282 Å². The van der Waals surface area contributed by atoms with Gasteiger partial charge in [0.15, 0.2) is 12.4 Å². The molecule has 1 aliphatic heterocycles. The van der Waals surface area contributed by atoms with Crippen molar-refractivity contribution in [3.8, 4) is 0 Å². The van der Waals surface area contributed by atoms with E-state index in [1.54, 1.807) is 0 Å². The monoisotopic (exact) mass is 712 g/mol. The second-order valence-corrected chi connectivity index (χ2v) is 13.6. The van der Waals surface area contributed by atoms with Crippen LogP contribution in [-0.4, -0.2) is 109 Å². The molecule has 0 aromatic rings. The Balaban J connectivity index is 2.87. The van der Waals surface area contributed by atoms with Crippen molar-refractivity contribution >= 4 is 41.6 Å². The number of ether oxygens (including phenoxy) is 3. The fourth-order valence-corrected chi connectivity index (χ4v) is 5.87. The molecule has 1 saturated heterocycles. The van der Waals surface area contributed by atoms with E-state index in [4.69, 9.17) is 23.3 Å². The summed E-state index contributed by atoms with van der Waals surface area (Å²) in [5.41, 5.74) is 0. The van der Waals surface area contributed by atoms with Crippen LogP contribution < -0.4 is 0 Å². The fraction of sp³-hybridized carbons (Fsp3) is 1.00. The van der Waals surface area contributed by atoms with Crippen molar-refractivity contribution in [3.63, 3.8) is 0 Å². The van der Waals surface area contributed by atoms with Gasteiger partial charge in [0.25, 0.3) is 0 Å². The van der Waals surface area contributed by atoms with Crippen LogP contribution >= 0.6 is 0 Å². The molecule has 0 aromatic carbocycles. The van der Waals surface area contributed by atoms with E-state index in [9.17, 15) is 42.8 Å². The molecular formula is C20H40O19S4. The van der Waals surface area contributed by atoms with Crippen LogP contribution in [0.4, 0.5) is 0 Å². The van der Waals surface area contributed by atoms with Crippen molar-refractivity contribution in [1.29, 1.82) is 0 Å². The Labute approximate surface area is 252 Å². The van der Waals surface area contributed by atoms with Gasteiger partial charge in [-0.1, -0.05) is 64.7 Å². The van der Waals surface area contributed by atoms with Gasteiger partial charge in [-0.15, -0.1) is 0 Å². The quantitative estimate of drug-likeness (QED) is 0.0803. The van der Waals surface area contributed by atoms with Crippen molar-refractivity contribution < 1.29 is 82.8 Å². The summed E-state index contributed by atoms with van der Waals surface area (Å²) < 4.78 is 160. The summed E-state index contributed by atoms with van der Waals surface area (Å²) in [7, 11) is -21.9. The van der Waals surface area contributed by atoms with Gasteiger partial charge in [0.2, 0.25) is 0 Å². The van der Waals surface area contributed by atoms with E-state index in [2.05, 4.69) is 23.7 Å². The summed E-state index contributed by atoms with van der Waals surface area (Å²) in [5, 5.41) is 0. The van der Waals surface area contributed by atoms with Crippen molar-refractivity contribution in [3.05, 3.63) is 0 Å². The summed E-state index contributed by atoms with van der Waals surface area (Å²) in [6.07, 6.45) is -0.881. The largest absolute Gasteiger partial charge is 0.397 e. The molecule has 0 spiro atoms. The predicted octanol–water partition coefficient (Wildman–Crippen LogP) is 1.05. The Morgan fingerprint density at radius 2 is 1.02 bits per heavy atom. The Morgan fingerprint density at radius 3 is 1.51 bits per heavy atom. The lowest BCUT2D eigenvalue weighted by molar-refractivity contribution is -0.288. The molecule has 5 atom stereocenters. The number of unbranched alkanes of at least 4 members (excludes halogenated alkanes) is 9. The smallest absolute Gasteiger partial charge is 0.379 e. The summed E-state index contributed by atoms with van der Waals surface area (Å²) in [4.78, 5) is 0. The van der Waals surface area contributed by atoms with Gasteiger partial charge in [-0.2, -0.15) is 33.7 Å². The van der Waals surface area contributed by atoms with Crippen LogP contribution in [0.25, 0.3) is 0 Å². The van der Waals surface area contributed by atoms with E-state index in [1.165, 1.54) is 32.1 Å². The third kappa shape index (κ3) is 20.2. The zero-order valence-corrected chi connectivity index (χ0v) is 26.6. The van der Waals surface area contributed by atoms with Crippen LogP contribution in [-0.2, 0) is 72.5 Å². The van der Waals surface area contributed by atoms with E-state index in [0.29, 0.717) is 6.61 Å². The Hall–Kier alpha value is -0.640. The zero-order chi connectivity index (χ0) is 32.7. The molecule has 0 saturated carbocycles. The van der Waals surface area contributed by atoms with E-state index >= 15 is 0 Å². The maximum Gasteiger partial charge on any atom is 0.397 e. The molecule has 0 radical (unpaired) electrons. The maximum absolute atomic E-state index is 11.5. The molecule has 1 fully saturated rings. The van der Waals surface area contributed by atoms with Gasteiger partial charge in [-0.25, -0.2) is 16.7 Å². The van der Waals surface area contributed by atoms with Gasteiger partial charge in [0.05, 0.1) is 19.8 Å². The first-order valence-corrected chi connectivity index (χ1v) is 18.7. The summed E-state index contributed by atoms with van der Waals surface area (Å²) in [5.74, 6) is 0. The van der Waals surface area contributed by atoms with Crippen LogP contribution in [0.1, 0.15) is 71.1 Å². The highest BCUT2D eigenvalue weighted by molar-refractivity contribution is 7.81. The minimum atomic E-state index is -5.60. The van der Waals surface area contributed by atoms with E-state index in [-0.39, 0.29) is 6.61 Å². The molecule has 0 unspecified atom stereocenters. The average Bonchev–Trinajstić information content (AvgIpc) is 2.83. The Morgan fingerprint density at radius 1 is 0.558 bits per heavy atom. The minimum Gasteiger partial charge on any atom is -0.379 e. The molecule has 1 rings (SSSR count). The Bertz CT molecular complexity index is 1220. The third-order valence-electron chi connectivity index (χ3n) is 5.82. The number of rotatable bonds is 24. The molecule has 23 heteroatoms. The molecule has 1 heterocycles. The maximum atomic E-state index is 11.5. The molecule has 0 aliphatic carbocycles. The summed E-state index contributed by atoms with van der Waals surface area (Å²) in [6.45, 7) is 0.574. The van der Waals surface area contributed by atoms with Gasteiger partial charge < -0.3 is 14.2 Å². The van der Waals surface area contributed by atoms with E-state index < -0.39 is 85.5 Å². The second kappa shape index (κ2) is 19.1. The molecule has 1 aliphatic rings. The third-order valence-corrected chi connectivity index (χ3v) is 7.65.